The Bertz CT molecular complexity index is 1400. The molecule has 0 spiro atoms. The van der Waals surface area contributed by atoms with Crippen molar-refractivity contribution in [3.8, 4) is 5.75 Å². The number of benzene rings is 3. The molecular weight excluding hydrogens is 594 g/mol. The smallest absolute Gasteiger partial charge is 0.264 e. The number of nitrogens with zero attached hydrogens (tertiary/aromatic N) is 2. The third-order valence-corrected chi connectivity index (χ3v) is 8.77. The second-order valence-electron chi connectivity index (χ2n) is 9.49. The molecule has 1 atom stereocenters. The molecule has 8 nitrogen and oxygen atoms in total. The van der Waals surface area contributed by atoms with E-state index in [0.29, 0.717) is 22.5 Å². The number of rotatable bonds is 13. The number of sulfonamides is 1. The molecule has 3 aromatic carbocycles. The summed E-state index contributed by atoms with van der Waals surface area (Å²) < 4.78 is 34.7. The van der Waals surface area contributed by atoms with Gasteiger partial charge in [0.05, 0.1) is 17.7 Å². The number of halogens is 1. The van der Waals surface area contributed by atoms with E-state index in [1.807, 2.05) is 26.0 Å². The molecule has 0 heterocycles. The third-order valence-electron chi connectivity index (χ3n) is 6.49. The molecule has 3 aromatic rings. The van der Waals surface area contributed by atoms with Crippen molar-refractivity contribution < 1.29 is 22.7 Å². The highest BCUT2D eigenvalue weighted by atomic mass is 79.9. The van der Waals surface area contributed by atoms with Gasteiger partial charge in [-0.3, -0.25) is 13.9 Å². The van der Waals surface area contributed by atoms with E-state index in [1.165, 1.54) is 17.0 Å². The zero-order valence-corrected chi connectivity index (χ0v) is 25.7. The maximum absolute atomic E-state index is 14.0. The normalized spacial score (nSPS) is 11.9. The van der Waals surface area contributed by atoms with Crippen LogP contribution >= 0.6 is 15.9 Å². The molecule has 0 radical (unpaired) electrons. The zero-order chi connectivity index (χ0) is 29.3. The monoisotopic (exact) mass is 629 g/mol. The van der Waals surface area contributed by atoms with Crippen molar-refractivity contribution in [3.63, 3.8) is 0 Å². The summed E-state index contributed by atoms with van der Waals surface area (Å²) >= 11 is 3.41. The van der Waals surface area contributed by atoms with E-state index in [-0.39, 0.29) is 17.3 Å². The van der Waals surface area contributed by atoms with Crippen molar-refractivity contribution in [3.05, 3.63) is 88.4 Å². The third kappa shape index (κ3) is 8.08. The van der Waals surface area contributed by atoms with Crippen LogP contribution in [0.3, 0.4) is 0 Å². The predicted molar refractivity (Wildman–Crippen MR) is 161 cm³/mol. The molecule has 0 saturated heterocycles. The lowest BCUT2D eigenvalue weighted by Crippen LogP contribution is -2.51. The number of aryl methyl sites for hydroxylation is 1. The molecular formula is C30H36BrN3O5S. The Morgan fingerprint density at radius 1 is 1.02 bits per heavy atom. The van der Waals surface area contributed by atoms with Crippen LogP contribution in [-0.2, 0) is 26.2 Å². The van der Waals surface area contributed by atoms with Gasteiger partial charge in [0.25, 0.3) is 10.0 Å². The van der Waals surface area contributed by atoms with Crippen LogP contribution in [0.15, 0.2) is 82.2 Å². The summed E-state index contributed by atoms with van der Waals surface area (Å²) in [4.78, 5) is 28.5. The molecule has 0 bridgehead atoms. The van der Waals surface area contributed by atoms with Crippen molar-refractivity contribution in [2.45, 2.75) is 51.1 Å². The average molecular weight is 631 g/mol. The number of carbonyl (C=O) groups is 2. The van der Waals surface area contributed by atoms with E-state index in [1.54, 1.807) is 62.6 Å². The molecule has 0 saturated carbocycles. The molecule has 0 aliphatic rings. The van der Waals surface area contributed by atoms with Crippen LogP contribution in [0.5, 0.6) is 5.75 Å². The molecule has 0 aromatic heterocycles. The molecule has 0 fully saturated rings. The lowest BCUT2D eigenvalue weighted by atomic mass is 10.1. The molecule has 1 N–H and O–H groups in total. The first-order valence-electron chi connectivity index (χ1n) is 13.1. The summed E-state index contributed by atoms with van der Waals surface area (Å²) in [6, 6.07) is 19.6. The molecule has 40 heavy (non-hydrogen) atoms. The number of nitrogens with one attached hydrogen (secondary N) is 1. The Morgan fingerprint density at radius 3 is 2.30 bits per heavy atom. The number of methoxy groups -OCH3 is 1. The summed E-state index contributed by atoms with van der Waals surface area (Å²) in [7, 11) is -2.55. The minimum atomic E-state index is -4.11. The van der Waals surface area contributed by atoms with E-state index in [4.69, 9.17) is 4.74 Å². The highest BCUT2D eigenvalue weighted by Gasteiger charge is 2.32. The quantitative estimate of drug-likeness (QED) is 0.259. The zero-order valence-electron chi connectivity index (χ0n) is 23.3. The lowest BCUT2D eigenvalue weighted by molar-refractivity contribution is -0.139. The number of anilines is 1. The van der Waals surface area contributed by atoms with Crippen molar-refractivity contribution in [2.24, 2.45) is 0 Å². The van der Waals surface area contributed by atoms with E-state index >= 15 is 0 Å². The molecule has 0 aliphatic carbocycles. The Morgan fingerprint density at radius 2 is 1.70 bits per heavy atom. The Kier molecular flexibility index (Phi) is 11.2. The van der Waals surface area contributed by atoms with Crippen LogP contribution in [0.2, 0.25) is 0 Å². The van der Waals surface area contributed by atoms with E-state index < -0.39 is 28.5 Å². The maximum atomic E-state index is 14.0. The van der Waals surface area contributed by atoms with Gasteiger partial charge < -0.3 is 15.0 Å². The van der Waals surface area contributed by atoms with Crippen LogP contribution < -0.4 is 14.4 Å². The van der Waals surface area contributed by atoms with Gasteiger partial charge >= 0.3 is 0 Å². The molecule has 0 aliphatic heterocycles. The fourth-order valence-electron chi connectivity index (χ4n) is 4.04. The van der Waals surface area contributed by atoms with Crippen LogP contribution in [0.1, 0.15) is 37.8 Å². The lowest BCUT2D eigenvalue weighted by Gasteiger charge is -2.32. The van der Waals surface area contributed by atoms with Crippen molar-refractivity contribution in [1.82, 2.24) is 10.2 Å². The highest BCUT2D eigenvalue weighted by molar-refractivity contribution is 9.10. The van der Waals surface area contributed by atoms with E-state index in [9.17, 15) is 18.0 Å². The molecule has 10 heteroatoms. The second-order valence-corrected chi connectivity index (χ2v) is 12.3. The summed E-state index contributed by atoms with van der Waals surface area (Å²) in [5.74, 6) is -0.146. The van der Waals surface area contributed by atoms with Gasteiger partial charge in [-0.25, -0.2) is 8.42 Å². The molecule has 214 valence electrons. The number of unbranched alkanes of at least 4 members (excludes halogenated alkanes) is 1. The Labute approximate surface area is 245 Å². The van der Waals surface area contributed by atoms with Gasteiger partial charge in [-0.1, -0.05) is 65.2 Å². The topological polar surface area (TPSA) is 96.0 Å². The number of ether oxygens (including phenoxy) is 1. The minimum Gasteiger partial charge on any atom is -0.497 e. The fraction of sp³-hybridized carbons (Fsp3) is 0.333. The summed E-state index contributed by atoms with van der Waals surface area (Å²) in [6.07, 6.45) is 1.73. The molecule has 3 rings (SSSR count). The van der Waals surface area contributed by atoms with Gasteiger partial charge in [0.15, 0.2) is 0 Å². The summed E-state index contributed by atoms with van der Waals surface area (Å²) in [5.41, 5.74) is 2.02. The SMILES string of the molecule is CCCCNC(=O)C(C)N(Cc1ccc(OC)cc1)C(=O)CN(c1cccc(Br)c1)S(=O)(=O)c1ccc(C)cc1. The van der Waals surface area contributed by atoms with Gasteiger partial charge in [-0.2, -0.15) is 0 Å². The van der Waals surface area contributed by atoms with Crippen LogP contribution in [-0.4, -0.2) is 51.4 Å². The Hall–Kier alpha value is -3.37. The van der Waals surface area contributed by atoms with Gasteiger partial charge in [-0.05, 0) is 68.3 Å². The summed E-state index contributed by atoms with van der Waals surface area (Å²) in [5, 5.41) is 2.89. The minimum absolute atomic E-state index is 0.0675. The van der Waals surface area contributed by atoms with Crippen LogP contribution in [0, 0.1) is 6.92 Å². The first-order chi connectivity index (χ1) is 19.1. The van der Waals surface area contributed by atoms with Gasteiger partial charge in [-0.15, -0.1) is 0 Å². The molecule has 1 unspecified atom stereocenters. The van der Waals surface area contributed by atoms with E-state index in [0.717, 1.165) is 28.3 Å². The average Bonchev–Trinajstić information content (AvgIpc) is 2.94. The van der Waals surface area contributed by atoms with Gasteiger partial charge in [0.1, 0.15) is 18.3 Å². The van der Waals surface area contributed by atoms with Crippen LogP contribution in [0.25, 0.3) is 0 Å². The second kappa shape index (κ2) is 14.3. The summed E-state index contributed by atoms with van der Waals surface area (Å²) in [6.45, 7) is 5.67. The Balaban J connectivity index is 1.99. The van der Waals surface area contributed by atoms with Crippen molar-refractivity contribution in [1.29, 1.82) is 0 Å². The number of hydrogen-bond acceptors (Lipinski definition) is 5. The number of hydrogen-bond donors (Lipinski definition) is 1. The van der Waals surface area contributed by atoms with Gasteiger partial charge in [0.2, 0.25) is 11.8 Å². The number of amides is 2. The largest absolute Gasteiger partial charge is 0.497 e. The predicted octanol–water partition coefficient (Wildman–Crippen LogP) is 5.30. The van der Waals surface area contributed by atoms with Gasteiger partial charge in [0, 0.05) is 17.6 Å². The number of carbonyl (C=O) groups excluding carboxylic acids is 2. The van der Waals surface area contributed by atoms with Crippen molar-refractivity contribution in [2.75, 3.05) is 24.5 Å². The van der Waals surface area contributed by atoms with E-state index in [2.05, 4.69) is 21.2 Å². The molecule has 2 amide bonds. The van der Waals surface area contributed by atoms with Crippen molar-refractivity contribution >= 4 is 43.5 Å². The first-order valence-corrected chi connectivity index (χ1v) is 15.3. The van der Waals surface area contributed by atoms with Crippen LogP contribution in [0.4, 0.5) is 5.69 Å². The fourth-order valence-corrected chi connectivity index (χ4v) is 5.84. The standard InChI is InChI=1S/C30H36BrN3O5S/c1-5-6-18-32-30(36)23(3)33(20-24-12-14-27(39-4)15-13-24)29(35)21-34(26-9-7-8-25(31)19-26)40(37,38)28-16-10-22(2)11-17-28/h7-17,19,23H,5-6,18,20-21H2,1-4H3,(H,32,36). The highest BCUT2D eigenvalue weighted by Crippen LogP contribution is 2.27. The maximum Gasteiger partial charge on any atom is 0.264 e. The first kappa shape index (κ1) is 31.2.